The Kier molecular flexibility index (Phi) is 8.35. The highest BCUT2D eigenvalue weighted by Crippen LogP contribution is 2.10. The summed E-state index contributed by atoms with van der Waals surface area (Å²) in [6, 6.07) is 4.22. The molecule has 0 atom stereocenters. The van der Waals surface area contributed by atoms with Crippen LogP contribution in [0.3, 0.4) is 0 Å². The van der Waals surface area contributed by atoms with Crippen LogP contribution in [0.25, 0.3) is 0 Å². The van der Waals surface area contributed by atoms with E-state index in [-0.39, 0.29) is 0 Å². The molecule has 0 amide bonds. The van der Waals surface area contributed by atoms with E-state index < -0.39 is 0 Å². The third-order valence-electron chi connectivity index (χ3n) is 3.96. The molecule has 1 aliphatic rings. The minimum absolute atomic E-state index is 0.763. The van der Waals surface area contributed by atoms with Crippen molar-refractivity contribution in [3.63, 3.8) is 0 Å². The van der Waals surface area contributed by atoms with Crippen LogP contribution in [0, 0.1) is 0 Å². The van der Waals surface area contributed by atoms with Crippen molar-refractivity contribution in [1.82, 2.24) is 15.5 Å². The van der Waals surface area contributed by atoms with E-state index in [1.54, 1.807) is 11.3 Å². The van der Waals surface area contributed by atoms with Crippen molar-refractivity contribution in [3.05, 3.63) is 22.4 Å². The fourth-order valence-electron chi connectivity index (χ4n) is 2.77. The molecular weight excluding hydrogens is 292 g/mol. The summed E-state index contributed by atoms with van der Waals surface area (Å²) in [5.41, 5.74) is 0. The van der Waals surface area contributed by atoms with Gasteiger partial charge in [0.25, 0.3) is 0 Å². The van der Waals surface area contributed by atoms with Crippen LogP contribution in [-0.4, -0.2) is 43.6 Å². The summed E-state index contributed by atoms with van der Waals surface area (Å²) in [4.78, 5) is 8.57. The van der Waals surface area contributed by atoms with Crippen LogP contribution >= 0.6 is 11.3 Å². The molecule has 5 heteroatoms. The average Bonchev–Trinajstić information content (AvgIpc) is 2.92. The van der Waals surface area contributed by atoms with Gasteiger partial charge in [0, 0.05) is 18.0 Å². The first kappa shape index (κ1) is 17.3. The Labute approximate surface area is 139 Å². The smallest absolute Gasteiger partial charge is 0.191 e. The molecule has 1 aliphatic heterocycles. The minimum Gasteiger partial charge on any atom is -0.357 e. The van der Waals surface area contributed by atoms with Crippen LogP contribution in [0.1, 0.15) is 43.9 Å². The van der Waals surface area contributed by atoms with Crippen LogP contribution in [0.5, 0.6) is 0 Å². The van der Waals surface area contributed by atoms with Gasteiger partial charge in [-0.15, -0.1) is 11.3 Å². The van der Waals surface area contributed by atoms with Crippen molar-refractivity contribution in [2.45, 2.75) is 45.6 Å². The minimum atomic E-state index is 0.763. The number of likely N-dealkylation sites (tertiary alicyclic amines) is 1. The molecule has 2 N–H and O–H groups in total. The molecule has 0 radical (unpaired) electrons. The Bertz CT molecular complexity index is 408. The summed E-state index contributed by atoms with van der Waals surface area (Å²) in [6.45, 7) is 8.55. The van der Waals surface area contributed by atoms with Crippen molar-refractivity contribution < 1.29 is 0 Å². The first-order valence-corrected chi connectivity index (χ1v) is 9.53. The molecule has 0 aliphatic carbocycles. The topological polar surface area (TPSA) is 39.7 Å². The van der Waals surface area contributed by atoms with E-state index in [1.807, 2.05) is 0 Å². The molecule has 0 aromatic carbocycles. The van der Waals surface area contributed by atoms with E-state index in [0.29, 0.717) is 0 Å². The molecule has 1 fully saturated rings. The highest BCUT2D eigenvalue weighted by Gasteiger charge is 2.08. The zero-order valence-electron chi connectivity index (χ0n) is 13.8. The Morgan fingerprint density at radius 3 is 2.73 bits per heavy atom. The summed E-state index contributed by atoms with van der Waals surface area (Å²) in [7, 11) is 0. The lowest BCUT2D eigenvalue weighted by Crippen LogP contribution is -2.38. The van der Waals surface area contributed by atoms with Gasteiger partial charge in [-0.1, -0.05) is 18.9 Å². The largest absolute Gasteiger partial charge is 0.357 e. The van der Waals surface area contributed by atoms with Gasteiger partial charge in [0.1, 0.15) is 0 Å². The fourth-order valence-corrected chi connectivity index (χ4v) is 3.40. The van der Waals surface area contributed by atoms with Crippen LogP contribution in [-0.2, 0) is 6.54 Å². The van der Waals surface area contributed by atoms with E-state index in [2.05, 4.69) is 45.0 Å². The standard InChI is InChI=1S/C17H30N4S/c1-2-18-17(20-15-16-9-7-14-22-16)19-10-8-13-21-11-5-3-4-6-12-21/h7,9,14H,2-6,8,10-13,15H2,1H3,(H2,18,19,20). The Hall–Kier alpha value is -1.07. The highest BCUT2D eigenvalue weighted by molar-refractivity contribution is 7.09. The van der Waals surface area contributed by atoms with Crippen molar-refractivity contribution in [2.75, 3.05) is 32.7 Å². The van der Waals surface area contributed by atoms with E-state index in [9.17, 15) is 0 Å². The van der Waals surface area contributed by atoms with Gasteiger partial charge in [0.05, 0.1) is 6.54 Å². The number of thiophene rings is 1. The number of aliphatic imine (C=N–C) groups is 1. The van der Waals surface area contributed by atoms with E-state index in [0.717, 1.165) is 25.6 Å². The first-order valence-electron chi connectivity index (χ1n) is 8.65. The molecule has 22 heavy (non-hydrogen) atoms. The lowest BCUT2D eigenvalue weighted by Gasteiger charge is -2.20. The van der Waals surface area contributed by atoms with Gasteiger partial charge in [-0.2, -0.15) is 0 Å². The molecule has 124 valence electrons. The maximum Gasteiger partial charge on any atom is 0.191 e. The second-order valence-corrected chi connectivity index (χ2v) is 6.84. The summed E-state index contributed by atoms with van der Waals surface area (Å²) < 4.78 is 0. The monoisotopic (exact) mass is 322 g/mol. The molecule has 2 heterocycles. The van der Waals surface area contributed by atoms with Gasteiger partial charge in [0.2, 0.25) is 0 Å². The Balaban J connectivity index is 1.66. The Morgan fingerprint density at radius 2 is 2.05 bits per heavy atom. The molecule has 0 saturated carbocycles. The molecule has 1 aromatic rings. The van der Waals surface area contributed by atoms with Gasteiger partial charge in [-0.3, -0.25) is 0 Å². The fraction of sp³-hybridized carbons (Fsp3) is 0.706. The Morgan fingerprint density at radius 1 is 1.23 bits per heavy atom. The van der Waals surface area contributed by atoms with E-state index in [1.165, 1.54) is 56.6 Å². The second-order valence-electron chi connectivity index (χ2n) is 5.81. The van der Waals surface area contributed by atoms with Crippen LogP contribution in [0.2, 0.25) is 0 Å². The van der Waals surface area contributed by atoms with Crippen LogP contribution in [0.15, 0.2) is 22.5 Å². The lowest BCUT2D eigenvalue weighted by atomic mass is 10.2. The third-order valence-corrected chi connectivity index (χ3v) is 4.82. The predicted molar refractivity (Wildman–Crippen MR) is 96.7 cm³/mol. The lowest BCUT2D eigenvalue weighted by molar-refractivity contribution is 0.282. The van der Waals surface area contributed by atoms with Crippen LogP contribution < -0.4 is 10.6 Å². The zero-order chi connectivity index (χ0) is 15.5. The van der Waals surface area contributed by atoms with Gasteiger partial charge in [-0.25, -0.2) is 4.99 Å². The molecule has 0 spiro atoms. The molecule has 1 aromatic heterocycles. The van der Waals surface area contributed by atoms with Gasteiger partial charge >= 0.3 is 0 Å². The maximum absolute atomic E-state index is 4.65. The van der Waals surface area contributed by atoms with Crippen molar-refractivity contribution in [2.24, 2.45) is 4.99 Å². The summed E-state index contributed by atoms with van der Waals surface area (Å²) >= 11 is 1.76. The third kappa shape index (κ3) is 6.79. The molecule has 0 unspecified atom stereocenters. The van der Waals surface area contributed by atoms with Crippen molar-refractivity contribution in [3.8, 4) is 0 Å². The normalized spacial score (nSPS) is 17.2. The van der Waals surface area contributed by atoms with Crippen molar-refractivity contribution in [1.29, 1.82) is 0 Å². The summed E-state index contributed by atoms with van der Waals surface area (Å²) in [5.74, 6) is 0.937. The number of hydrogen-bond acceptors (Lipinski definition) is 3. The average molecular weight is 323 g/mol. The summed E-state index contributed by atoms with van der Waals surface area (Å²) in [5, 5.41) is 8.88. The van der Waals surface area contributed by atoms with Crippen LogP contribution in [0.4, 0.5) is 0 Å². The zero-order valence-corrected chi connectivity index (χ0v) is 14.6. The van der Waals surface area contributed by atoms with E-state index >= 15 is 0 Å². The summed E-state index contributed by atoms with van der Waals surface area (Å²) in [6.07, 6.45) is 6.75. The second kappa shape index (κ2) is 10.6. The predicted octanol–water partition coefficient (Wildman–Crippen LogP) is 3.07. The quantitative estimate of drug-likeness (QED) is 0.460. The first-order chi connectivity index (χ1) is 10.9. The molecular formula is C17H30N4S. The number of nitrogens with zero attached hydrogens (tertiary/aromatic N) is 2. The SMILES string of the molecule is CCNC(=NCc1cccs1)NCCCN1CCCCCC1. The molecule has 4 nitrogen and oxygen atoms in total. The van der Waals surface area contributed by atoms with Gasteiger partial charge in [0.15, 0.2) is 5.96 Å². The van der Waals surface area contributed by atoms with E-state index in [4.69, 9.17) is 0 Å². The van der Waals surface area contributed by atoms with Crippen molar-refractivity contribution >= 4 is 17.3 Å². The van der Waals surface area contributed by atoms with Gasteiger partial charge in [-0.05, 0) is 57.3 Å². The number of guanidine groups is 1. The number of nitrogens with one attached hydrogen (secondary N) is 2. The molecule has 0 bridgehead atoms. The number of rotatable bonds is 7. The molecule has 1 saturated heterocycles. The highest BCUT2D eigenvalue weighted by atomic mass is 32.1. The molecule has 2 rings (SSSR count). The maximum atomic E-state index is 4.65. The van der Waals surface area contributed by atoms with Gasteiger partial charge < -0.3 is 15.5 Å². The number of hydrogen-bond donors (Lipinski definition) is 2.